The van der Waals surface area contributed by atoms with E-state index in [1.54, 1.807) is 5.38 Å². The minimum atomic E-state index is -4.16. The average molecular weight is 268 g/mol. The molecule has 92 valence electrons. The molecule has 0 saturated carbocycles. The van der Waals surface area contributed by atoms with E-state index in [1.807, 2.05) is 6.07 Å². The van der Waals surface area contributed by atoms with Gasteiger partial charge in [-0.2, -0.15) is 13.2 Å². The van der Waals surface area contributed by atoms with Crippen LogP contribution in [-0.2, 0) is 6.42 Å². The number of halogens is 3. The third-order valence-corrected chi connectivity index (χ3v) is 4.18. The van der Waals surface area contributed by atoms with Crippen LogP contribution in [0.15, 0.2) is 15.7 Å². The van der Waals surface area contributed by atoms with E-state index in [0.717, 1.165) is 37.7 Å². The summed E-state index contributed by atoms with van der Waals surface area (Å²) in [6.45, 7) is 2.12. The SMILES string of the molecule is CCCCCCc1ccsc1SC(F)(F)F. The monoisotopic (exact) mass is 268 g/mol. The maximum Gasteiger partial charge on any atom is 0.447 e. The summed E-state index contributed by atoms with van der Waals surface area (Å²) >= 11 is 1.20. The highest BCUT2D eigenvalue weighted by atomic mass is 32.2. The second kappa shape index (κ2) is 6.55. The summed E-state index contributed by atoms with van der Waals surface area (Å²) in [5.41, 5.74) is -3.31. The number of alkyl halides is 3. The number of unbranched alkanes of at least 4 members (excludes halogenated alkanes) is 3. The fraction of sp³-hybridized carbons (Fsp3) is 0.636. The van der Waals surface area contributed by atoms with Gasteiger partial charge < -0.3 is 0 Å². The Bertz CT molecular complexity index is 304. The van der Waals surface area contributed by atoms with Gasteiger partial charge in [0.1, 0.15) is 0 Å². The third kappa shape index (κ3) is 5.25. The molecule has 1 heterocycles. The first kappa shape index (κ1) is 13.9. The molecule has 1 aromatic rings. The molecule has 0 N–H and O–H groups in total. The number of thiophene rings is 1. The van der Waals surface area contributed by atoms with Crippen LogP contribution in [0.2, 0.25) is 0 Å². The van der Waals surface area contributed by atoms with Crippen LogP contribution in [0.1, 0.15) is 38.2 Å². The van der Waals surface area contributed by atoms with E-state index in [0.29, 0.717) is 4.21 Å². The molecule has 0 radical (unpaired) electrons. The second-order valence-electron chi connectivity index (χ2n) is 3.59. The number of rotatable bonds is 6. The largest absolute Gasteiger partial charge is 0.447 e. The van der Waals surface area contributed by atoms with E-state index in [1.165, 1.54) is 11.3 Å². The summed E-state index contributed by atoms with van der Waals surface area (Å²) in [6.07, 6.45) is 5.15. The van der Waals surface area contributed by atoms with Crippen LogP contribution in [0.3, 0.4) is 0 Å². The van der Waals surface area contributed by atoms with Crippen molar-refractivity contribution < 1.29 is 13.2 Å². The van der Waals surface area contributed by atoms with Crippen molar-refractivity contribution in [1.29, 1.82) is 0 Å². The molecule has 0 aliphatic carbocycles. The molecular formula is C11H15F3S2. The molecule has 0 bridgehead atoms. The van der Waals surface area contributed by atoms with Crippen LogP contribution in [0.4, 0.5) is 13.2 Å². The first-order valence-electron chi connectivity index (χ1n) is 5.35. The van der Waals surface area contributed by atoms with E-state index >= 15 is 0 Å². The van der Waals surface area contributed by atoms with Gasteiger partial charge in [0.25, 0.3) is 0 Å². The maximum absolute atomic E-state index is 12.2. The smallest absolute Gasteiger partial charge is 0.160 e. The van der Waals surface area contributed by atoms with Gasteiger partial charge in [-0.15, -0.1) is 11.3 Å². The zero-order valence-corrected chi connectivity index (χ0v) is 10.8. The summed E-state index contributed by atoms with van der Waals surface area (Å²) in [7, 11) is 0. The Morgan fingerprint density at radius 3 is 2.62 bits per heavy atom. The van der Waals surface area contributed by atoms with E-state index in [4.69, 9.17) is 0 Å². The second-order valence-corrected chi connectivity index (χ2v) is 5.84. The molecule has 0 atom stereocenters. The van der Waals surface area contributed by atoms with E-state index in [2.05, 4.69) is 6.92 Å². The quantitative estimate of drug-likeness (QED) is 0.486. The van der Waals surface area contributed by atoms with Crippen LogP contribution < -0.4 is 0 Å². The molecule has 0 saturated heterocycles. The predicted octanol–water partition coefficient (Wildman–Crippen LogP) is 5.48. The molecule has 0 unspecified atom stereocenters. The van der Waals surface area contributed by atoms with Crippen molar-refractivity contribution in [2.45, 2.75) is 48.7 Å². The van der Waals surface area contributed by atoms with Gasteiger partial charge in [-0.3, -0.25) is 0 Å². The fourth-order valence-electron chi connectivity index (χ4n) is 1.44. The molecular weight excluding hydrogens is 253 g/mol. The molecule has 0 aromatic carbocycles. The number of aryl methyl sites for hydroxylation is 1. The summed E-state index contributed by atoms with van der Waals surface area (Å²) in [5, 5.41) is 1.74. The van der Waals surface area contributed by atoms with Crippen molar-refractivity contribution in [2.24, 2.45) is 0 Å². The molecule has 0 amide bonds. The Morgan fingerprint density at radius 2 is 2.00 bits per heavy atom. The minimum Gasteiger partial charge on any atom is -0.160 e. The Kier molecular flexibility index (Phi) is 5.69. The molecule has 1 rings (SSSR count). The minimum absolute atomic E-state index is 0.0163. The van der Waals surface area contributed by atoms with Crippen molar-refractivity contribution in [1.82, 2.24) is 0 Å². The van der Waals surface area contributed by atoms with Gasteiger partial charge in [0.05, 0.1) is 4.21 Å². The van der Waals surface area contributed by atoms with Gasteiger partial charge in [0.15, 0.2) is 0 Å². The van der Waals surface area contributed by atoms with Crippen molar-refractivity contribution in [2.75, 3.05) is 0 Å². The van der Waals surface area contributed by atoms with Gasteiger partial charge in [-0.25, -0.2) is 0 Å². The summed E-state index contributed by atoms with van der Waals surface area (Å²) < 4.78 is 37.0. The first-order valence-corrected chi connectivity index (χ1v) is 7.04. The van der Waals surface area contributed by atoms with Gasteiger partial charge >= 0.3 is 5.51 Å². The lowest BCUT2D eigenvalue weighted by Gasteiger charge is -2.06. The molecule has 0 nitrogen and oxygen atoms in total. The number of thioether (sulfide) groups is 1. The van der Waals surface area contributed by atoms with Crippen LogP contribution in [0.5, 0.6) is 0 Å². The molecule has 0 fully saturated rings. The van der Waals surface area contributed by atoms with E-state index in [9.17, 15) is 13.2 Å². The van der Waals surface area contributed by atoms with Crippen molar-refractivity contribution >= 4 is 23.1 Å². The standard InChI is InChI=1S/C11H15F3S2/c1-2-3-4-5-6-9-7-8-15-10(9)16-11(12,13)14/h7-8H,2-6H2,1H3. The first-order chi connectivity index (χ1) is 7.53. The van der Waals surface area contributed by atoms with Crippen molar-refractivity contribution in [3.63, 3.8) is 0 Å². The lowest BCUT2D eigenvalue weighted by Crippen LogP contribution is -1.99. The summed E-state index contributed by atoms with van der Waals surface area (Å²) in [6, 6.07) is 1.81. The third-order valence-electron chi connectivity index (χ3n) is 2.21. The highest BCUT2D eigenvalue weighted by Crippen LogP contribution is 2.41. The van der Waals surface area contributed by atoms with Crippen LogP contribution in [0, 0.1) is 0 Å². The lowest BCUT2D eigenvalue weighted by molar-refractivity contribution is -0.0327. The Balaban J connectivity index is 2.44. The van der Waals surface area contributed by atoms with E-state index < -0.39 is 5.51 Å². The highest BCUT2D eigenvalue weighted by molar-refractivity contribution is 8.02. The maximum atomic E-state index is 12.2. The van der Waals surface area contributed by atoms with Crippen LogP contribution in [0.25, 0.3) is 0 Å². The zero-order chi connectivity index (χ0) is 12.0. The normalized spacial score (nSPS) is 12.0. The van der Waals surface area contributed by atoms with Crippen molar-refractivity contribution in [3.05, 3.63) is 17.0 Å². The van der Waals surface area contributed by atoms with Crippen LogP contribution >= 0.6 is 23.1 Å². The summed E-state index contributed by atoms with van der Waals surface area (Å²) in [4.78, 5) is 0. The number of hydrogen-bond donors (Lipinski definition) is 0. The van der Waals surface area contributed by atoms with Gasteiger partial charge in [-0.1, -0.05) is 26.2 Å². The zero-order valence-electron chi connectivity index (χ0n) is 9.14. The topological polar surface area (TPSA) is 0 Å². The van der Waals surface area contributed by atoms with Gasteiger partial charge in [-0.05, 0) is 41.6 Å². The Hall–Kier alpha value is -0.160. The van der Waals surface area contributed by atoms with E-state index in [-0.39, 0.29) is 11.8 Å². The molecule has 16 heavy (non-hydrogen) atoms. The fourth-order valence-corrected chi connectivity index (χ4v) is 3.28. The molecule has 0 aliphatic rings. The number of hydrogen-bond acceptors (Lipinski definition) is 2. The average Bonchev–Trinajstić information content (AvgIpc) is 2.58. The molecule has 0 spiro atoms. The van der Waals surface area contributed by atoms with Gasteiger partial charge in [0, 0.05) is 0 Å². The lowest BCUT2D eigenvalue weighted by atomic mass is 10.1. The summed E-state index contributed by atoms with van der Waals surface area (Å²) in [5.74, 6) is 0. The highest BCUT2D eigenvalue weighted by Gasteiger charge is 2.30. The van der Waals surface area contributed by atoms with Gasteiger partial charge in [0.2, 0.25) is 0 Å². The Morgan fingerprint density at radius 1 is 1.25 bits per heavy atom. The van der Waals surface area contributed by atoms with Crippen LogP contribution in [-0.4, -0.2) is 5.51 Å². The van der Waals surface area contributed by atoms with Crippen molar-refractivity contribution in [3.8, 4) is 0 Å². The molecule has 5 heteroatoms. The molecule has 1 aromatic heterocycles. The Labute approximate surface area is 102 Å². The predicted molar refractivity (Wildman–Crippen MR) is 64.1 cm³/mol. The molecule has 0 aliphatic heterocycles.